The van der Waals surface area contributed by atoms with Crippen molar-refractivity contribution in [2.75, 3.05) is 0 Å². The fraction of sp³-hybridized carbons (Fsp3) is 0.455. The van der Waals surface area contributed by atoms with E-state index in [0.29, 0.717) is 30.4 Å². The summed E-state index contributed by atoms with van der Waals surface area (Å²) >= 11 is 0. The van der Waals surface area contributed by atoms with Crippen LogP contribution >= 0.6 is 0 Å². The topological polar surface area (TPSA) is 92.1 Å². The van der Waals surface area contributed by atoms with Crippen molar-refractivity contribution >= 4 is 10.1 Å². The molecule has 21 heavy (non-hydrogen) atoms. The highest BCUT2D eigenvalue weighted by Crippen LogP contribution is 2.36. The van der Waals surface area contributed by atoms with Crippen molar-refractivity contribution in [3.63, 3.8) is 0 Å². The van der Waals surface area contributed by atoms with Gasteiger partial charge in [-0.2, -0.15) is 21.6 Å². The summed E-state index contributed by atoms with van der Waals surface area (Å²) in [6.45, 7) is 0. The van der Waals surface area contributed by atoms with Crippen molar-refractivity contribution in [2.45, 2.75) is 30.8 Å². The molecule has 1 aromatic rings. The Labute approximate surface area is 118 Å². The van der Waals surface area contributed by atoms with E-state index in [0.717, 1.165) is 6.07 Å². The number of azide groups is 1. The van der Waals surface area contributed by atoms with Crippen molar-refractivity contribution in [1.29, 1.82) is 0 Å². The van der Waals surface area contributed by atoms with Gasteiger partial charge in [-0.3, -0.25) is 0 Å². The summed E-state index contributed by atoms with van der Waals surface area (Å²) in [5.74, 6) is -0.410. The summed E-state index contributed by atoms with van der Waals surface area (Å²) in [7, 11) is -5.68. The molecular weight excluding hydrogens is 311 g/mol. The first-order chi connectivity index (χ1) is 9.74. The van der Waals surface area contributed by atoms with Crippen LogP contribution in [0, 0.1) is 0 Å². The van der Waals surface area contributed by atoms with Gasteiger partial charge in [-0.05, 0) is 48.1 Å². The summed E-state index contributed by atoms with van der Waals surface area (Å²) in [4.78, 5) is 2.72. The molecule has 1 aliphatic carbocycles. The van der Waals surface area contributed by atoms with Crippen molar-refractivity contribution < 1.29 is 25.8 Å². The van der Waals surface area contributed by atoms with Crippen LogP contribution in [-0.4, -0.2) is 13.9 Å². The monoisotopic (exact) mass is 321 g/mol. The smallest absolute Gasteiger partial charge is 0.376 e. The first-order valence-corrected chi connectivity index (χ1v) is 7.33. The predicted molar refractivity (Wildman–Crippen MR) is 66.9 cm³/mol. The van der Waals surface area contributed by atoms with Crippen molar-refractivity contribution in [2.24, 2.45) is 5.11 Å². The molecule has 114 valence electrons. The molecule has 6 nitrogen and oxygen atoms in total. The second kappa shape index (κ2) is 5.45. The van der Waals surface area contributed by atoms with Gasteiger partial charge >= 0.3 is 15.6 Å². The van der Waals surface area contributed by atoms with E-state index < -0.39 is 27.4 Å². The normalized spacial score (nSPS) is 18.5. The Kier molecular flexibility index (Phi) is 4.02. The number of fused-ring (bicyclic) bond motifs is 1. The third kappa shape index (κ3) is 3.22. The average Bonchev–Trinajstić information content (AvgIpc) is 2.37. The Bertz CT molecular complexity index is 696. The number of hydrogen-bond acceptors (Lipinski definition) is 4. The summed E-state index contributed by atoms with van der Waals surface area (Å²) in [5, 5.41) is 3.61. The second-order valence-corrected chi connectivity index (χ2v) is 5.99. The lowest BCUT2D eigenvalue weighted by Crippen LogP contribution is -2.28. The summed E-state index contributed by atoms with van der Waals surface area (Å²) in [5.41, 5.74) is 4.29. The average molecular weight is 321 g/mol. The molecular formula is C11H10F3N3O3S. The van der Waals surface area contributed by atoms with Crippen LogP contribution in [0.5, 0.6) is 5.75 Å². The Morgan fingerprint density at radius 1 is 1.38 bits per heavy atom. The predicted octanol–water partition coefficient (Wildman–Crippen LogP) is 3.60. The number of hydrogen-bond donors (Lipinski definition) is 0. The Morgan fingerprint density at radius 2 is 2.10 bits per heavy atom. The van der Waals surface area contributed by atoms with E-state index in [-0.39, 0.29) is 0 Å². The molecule has 0 radical (unpaired) electrons. The zero-order valence-corrected chi connectivity index (χ0v) is 11.4. The molecule has 0 spiro atoms. The second-order valence-electron chi connectivity index (χ2n) is 4.46. The summed E-state index contributed by atoms with van der Waals surface area (Å²) in [6, 6.07) is 3.38. The highest BCUT2D eigenvalue weighted by atomic mass is 32.2. The Balaban J connectivity index is 2.32. The van der Waals surface area contributed by atoms with E-state index in [4.69, 9.17) is 5.53 Å². The Morgan fingerprint density at radius 3 is 2.71 bits per heavy atom. The van der Waals surface area contributed by atoms with Gasteiger partial charge in [0.2, 0.25) is 0 Å². The van der Waals surface area contributed by atoms with Gasteiger partial charge < -0.3 is 4.18 Å². The first kappa shape index (κ1) is 15.5. The molecule has 1 aliphatic rings. The number of benzene rings is 1. The molecule has 1 aromatic carbocycles. The van der Waals surface area contributed by atoms with Gasteiger partial charge in [-0.25, -0.2) is 0 Å². The molecule has 0 N–H and O–H groups in total. The minimum absolute atomic E-state index is 0.396. The summed E-state index contributed by atoms with van der Waals surface area (Å²) in [6.07, 6.45) is 1.88. The maximum absolute atomic E-state index is 12.3. The zero-order valence-electron chi connectivity index (χ0n) is 10.5. The highest BCUT2D eigenvalue weighted by molar-refractivity contribution is 7.87. The van der Waals surface area contributed by atoms with Gasteiger partial charge in [0.25, 0.3) is 0 Å². The molecule has 0 saturated carbocycles. The zero-order chi connectivity index (χ0) is 15.7. The number of alkyl halides is 3. The van der Waals surface area contributed by atoms with Gasteiger partial charge in [-0.1, -0.05) is 11.2 Å². The third-order valence-electron chi connectivity index (χ3n) is 3.08. The lowest BCUT2D eigenvalue weighted by Gasteiger charge is -2.22. The fourth-order valence-corrected chi connectivity index (χ4v) is 2.62. The largest absolute Gasteiger partial charge is 0.534 e. The maximum atomic E-state index is 12.3. The summed E-state index contributed by atoms with van der Waals surface area (Å²) < 4.78 is 62.7. The molecule has 0 fully saturated rings. The molecule has 10 heteroatoms. The number of nitrogens with zero attached hydrogens (tertiary/aromatic N) is 3. The van der Waals surface area contributed by atoms with Gasteiger partial charge in [0.15, 0.2) is 0 Å². The highest BCUT2D eigenvalue weighted by Gasteiger charge is 2.48. The van der Waals surface area contributed by atoms with Crippen molar-refractivity contribution in [3.8, 4) is 5.75 Å². The van der Waals surface area contributed by atoms with Crippen LogP contribution in [0.1, 0.15) is 30.0 Å². The molecule has 0 saturated heterocycles. The molecule has 0 bridgehead atoms. The number of halogens is 3. The van der Waals surface area contributed by atoms with E-state index in [2.05, 4.69) is 14.2 Å². The quantitative estimate of drug-likeness (QED) is 0.280. The van der Waals surface area contributed by atoms with Crippen LogP contribution in [0.4, 0.5) is 13.2 Å². The van der Waals surface area contributed by atoms with Gasteiger partial charge in [0, 0.05) is 4.91 Å². The van der Waals surface area contributed by atoms with Crippen LogP contribution in [0.25, 0.3) is 10.4 Å². The van der Waals surface area contributed by atoms with Crippen LogP contribution in [-0.2, 0) is 16.5 Å². The lowest BCUT2D eigenvalue weighted by atomic mass is 9.88. The van der Waals surface area contributed by atoms with E-state index in [1.807, 2.05) is 0 Å². The molecule has 0 amide bonds. The molecule has 0 aromatic heterocycles. The Hall–Kier alpha value is -1.93. The number of aryl methyl sites for hydroxylation is 1. The minimum atomic E-state index is -5.68. The van der Waals surface area contributed by atoms with E-state index in [1.165, 1.54) is 12.1 Å². The van der Waals surface area contributed by atoms with Gasteiger partial charge in [0.1, 0.15) is 5.75 Å². The molecule has 0 heterocycles. The van der Waals surface area contributed by atoms with Crippen LogP contribution in [0.15, 0.2) is 23.3 Å². The molecule has 1 unspecified atom stereocenters. The maximum Gasteiger partial charge on any atom is 0.534 e. The standard InChI is InChI=1S/C11H10F3N3O3S/c12-11(13,14)21(18,19)20-8-4-5-9-7(6-8)2-1-3-10(9)16-17-15/h4-6,10H,1-3H2. The van der Waals surface area contributed by atoms with Crippen LogP contribution < -0.4 is 4.18 Å². The van der Waals surface area contributed by atoms with Crippen LogP contribution in [0.2, 0.25) is 0 Å². The van der Waals surface area contributed by atoms with Crippen molar-refractivity contribution in [3.05, 3.63) is 39.8 Å². The van der Waals surface area contributed by atoms with E-state index >= 15 is 0 Å². The third-order valence-corrected chi connectivity index (χ3v) is 4.06. The lowest BCUT2D eigenvalue weighted by molar-refractivity contribution is -0.0500. The SMILES string of the molecule is [N-]=[N+]=NC1CCCc2cc(OS(=O)(=O)C(F)(F)F)ccc21. The molecule has 0 aliphatic heterocycles. The minimum Gasteiger partial charge on any atom is -0.376 e. The van der Waals surface area contributed by atoms with Gasteiger partial charge in [0.05, 0.1) is 6.04 Å². The number of rotatable bonds is 3. The van der Waals surface area contributed by atoms with Crippen molar-refractivity contribution in [1.82, 2.24) is 0 Å². The van der Waals surface area contributed by atoms with Crippen LogP contribution in [0.3, 0.4) is 0 Å². The van der Waals surface area contributed by atoms with E-state index in [9.17, 15) is 21.6 Å². The fourth-order valence-electron chi connectivity index (χ4n) is 2.17. The van der Waals surface area contributed by atoms with E-state index in [1.54, 1.807) is 0 Å². The molecule has 2 rings (SSSR count). The van der Waals surface area contributed by atoms with Gasteiger partial charge in [-0.15, -0.1) is 0 Å². The molecule has 1 atom stereocenters. The first-order valence-electron chi connectivity index (χ1n) is 5.92.